The minimum Gasteiger partial charge on any atom is -0.354 e. The first-order valence-electron chi connectivity index (χ1n) is 6.12. The molecule has 17 heavy (non-hydrogen) atoms. The molecule has 96 valence electrons. The SMILES string of the molecule is CCCCNC(=O)Cn1cc(CCCN)nn1. The highest BCUT2D eigenvalue weighted by atomic mass is 16.2. The molecule has 1 aromatic rings. The van der Waals surface area contributed by atoms with E-state index in [1.54, 1.807) is 10.9 Å². The molecule has 0 aliphatic carbocycles. The second-order valence-electron chi connectivity index (χ2n) is 4.00. The summed E-state index contributed by atoms with van der Waals surface area (Å²) in [6.45, 7) is 3.70. The molecule has 0 radical (unpaired) electrons. The van der Waals surface area contributed by atoms with Gasteiger partial charge in [-0.1, -0.05) is 18.6 Å². The highest BCUT2D eigenvalue weighted by Crippen LogP contribution is 1.97. The first-order chi connectivity index (χ1) is 8.26. The first-order valence-corrected chi connectivity index (χ1v) is 6.12. The van der Waals surface area contributed by atoms with E-state index in [-0.39, 0.29) is 12.5 Å². The van der Waals surface area contributed by atoms with Crippen LogP contribution in [0.2, 0.25) is 0 Å². The van der Waals surface area contributed by atoms with Gasteiger partial charge in [0.1, 0.15) is 6.54 Å². The summed E-state index contributed by atoms with van der Waals surface area (Å²) in [5, 5.41) is 10.7. The van der Waals surface area contributed by atoms with E-state index in [4.69, 9.17) is 5.73 Å². The highest BCUT2D eigenvalue weighted by Gasteiger charge is 2.05. The van der Waals surface area contributed by atoms with Gasteiger partial charge < -0.3 is 11.1 Å². The fraction of sp³-hybridized carbons (Fsp3) is 0.727. The molecule has 1 heterocycles. The Bertz CT molecular complexity index is 336. The lowest BCUT2D eigenvalue weighted by Gasteiger charge is -2.03. The lowest BCUT2D eigenvalue weighted by Crippen LogP contribution is -2.28. The maximum atomic E-state index is 11.5. The molecule has 0 aromatic carbocycles. The second-order valence-corrected chi connectivity index (χ2v) is 4.00. The number of amides is 1. The average Bonchev–Trinajstić information content (AvgIpc) is 2.74. The van der Waals surface area contributed by atoms with E-state index in [0.717, 1.165) is 37.9 Å². The third-order valence-electron chi connectivity index (χ3n) is 2.38. The fourth-order valence-electron chi connectivity index (χ4n) is 1.42. The molecular weight excluding hydrogens is 218 g/mol. The Morgan fingerprint density at radius 1 is 1.53 bits per heavy atom. The van der Waals surface area contributed by atoms with Gasteiger partial charge in [0.25, 0.3) is 0 Å². The van der Waals surface area contributed by atoms with E-state index in [0.29, 0.717) is 6.54 Å². The normalized spacial score (nSPS) is 10.5. The van der Waals surface area contributed by atoms with Crippen LogP contribution in [0.15, 0.2) is 6.20 Å². The summed E-state index contributed by atoms with van der Waals surface area (Å²) in [6.07, 6.45) is 5.59. The number of hydrogen-bond donors (Lipinski definition) is 2. The highest BCUT2D eigenvalue weighted by molar-refractivity contribution is 5.75. The van der Waals surface area contributed by atoms with Crippen LogP contribution in [-0.4, -0.2) is 34.0 Å². The van der Waals surface area contributed by atoms with Crippen LogP contribution in [0.1, 0.15) is 31.9 Å². The summed E-state index contributed by atoms with van der Waals surface area (Å²) in [4.78, 5) is 11.5. The van der Waals surface area contributed by atoms with Crippen molar-refractivity contribution in [2.45, 2.75) is 39.2 Å². The van der Waals surface area contributed by atoms with Crippen molar-refractivity contribution in [2.75, 3.05) is 13.1 Å². The molecule has 0 unspecified atom stereocenters. The van der Waals surface area contributed by atoms with Crippen LogP contribution in [0.4, 0.5) is 0 Å². The van der Waals surface area contributed by atoms with Gasteiger partial charge in [0, 0.05) is 12.7 Å². The summed E-state index contributed by atoms with van der Waals surface area (Å²) < 4.78 is 1.56. The Morgan fingerprint density at radius 3 is 3.06 bits per heavy atom. The first kappa shape index (κ1) is 13.6. The van der Waals surface area contributed by atoms with Gasteiger partial charge in [-0.3, -0.25) is 4.79 Å². The molecule has 0 aliphatic heterocycles. The smallest absolute Gasteiger partial charge is 0.241 e. The molecule has 0 saturated carbocycles. The van der Waals surface area contributed by atoms with Crippen LogP contribution in [0, 0.1) is 0 Å². The van der Waals surface area contributed by atoms with Crippen LogP contribution in [-0.2, 0) is 17.8 Å². The van der Waals surface area contributed by atoms with Gasteiger partial charge in [-0.2, -0.15) is 0 Å². The average molecular weight is 239 g/mol. The molecule has 0 atom stereocenters. The number of aromatic nitrogens is 3. The van der Waals surface area contributed by atoms with Gasteiger partial charge in [0.15, 0.2) is 0 Å². The van der Waals surface area contributed by atoms with E-state index >= 15 is 0 Å². The van der Waals surface area contributed by atoms with Crippen molar-refractivity contribution in [3.05, 3.63) is 11.9 Å². The van der Waals surface area contributed by atoms with E-state index in [1.807, 2.05) is 0 Å². The zero-order chi connectivity index (χ0) is 12.5. The molecule has 1 amide bonds. The molecule has 1 aromatic heterocycles. The summed E-state index contributed by atoms with van der Waals surface area (Å²) in [5.41, 5.74) is 6.30. The third-order valence-corrected chi connectivity index (χ3v) is 2.38. The van der Waals surface area contributed by atoms with Crippen molar-refractivity contribution in [1.82, 2.24) is 20.3 Å². The number of carbonyl (C=O) groups excluding carboxylic acids is 1. The van der Waals surface area contributed by atoms with Crippen molar-refractivity contribution in [3.8, 4) is 0 Å². The Balaban J connectivity index is 2.30. The molecule has 1 rings (SSSR count). The largest absolute Gasteiger partial charge is 0.354 e. The van der Waals surface area contributed by atoms with E-state index in [1.165, 1.54) is 0 Å². The molecule has 0 spiro atoms. The zero-order valence-corrected chi connectivity index (χ0v) is 10.4. The van der Waals surface area contributed by atoms with E-state index in [2.05, 4.69) is 22.6 Å². The monoisotopic (exact) mass is 239 g/mol. The number of nitrogens with one attached hydrogen (secondary N) is 1. The Morgan fingerprint density at radius 2 is 2.35 bits per heavy atom. The van der Waals surface area contributed by atoms with Crippen LogP contribution < -0.4 is 11.1 Å². The van der Waals surface area contributed by atoms with E-state index in [9.17, 15) is 4.79 Å². The Labute approximate surface area is 102 Å². The van der Waals surface area contributed by atoms with Crippen molar-refractivity contribution in [3.63, 3.8) is 0 Å². The molecule has 0 bridgehead atoms. The van der Waals surface area contributed by atoms with Gasteiger partial charge in [0.05, 0.1) is 5.69 Å². The number of hydrogen-bond acceptors (Lipinski definition) is 4. The molecule has 0 saturated heterocycles. The maximum absolute atomic E-state index is 11.5. The molecule has 0 aliphatic rings. The van der Waals surface area contributed by atoms with E-state index < -0.39 is 0 Å². The second kappa shape index (κ2) is 7.78. The predicted molar refractivity (Wildman–Crippen MR) is 65.3 cm³/mol. The Hall–Kier alpha value is -1.43. The van der Waals surface area contributed by atoms with Gasteiger partial charge in [-0.05, 0) is 25.8 Å². The molecular formula is C11H21N5O. The minimum absolute atomic E-state index is 0.0197. The maximum Gasteiger partial charge on any atom is 0.241 e. The van der Waals surface area contributed by atoms with Crippen LogP contribution >= 0.6 is 0 Å². The number of aryl methyl sites for hydroxylation is 1. The van der Waals surface area contributed by atoms with Crippen molar-refractivity contribution in [2.24, 2.45) is 5.73 Å². The molecule has 0 fully saturated rings. The summed E-state index contributed by atoms with van der Waals surface area (Å²) in [6, 6.07) is 0. The quantitative estimate of drug-likeness (QED) is 0.629. The van der Waals surface area contributed by atoms with Crippen molar-refractivity contribution in [1.29, 1.82) is 0 Å². The summed E-state index contributed by atoms with van der Waals surface area (Å²) in [5.74, 6) is -0.0197. The minimum atomic E-state index is -0.0197. The van der Waals surface area contributed by atoms with Crippen LogP contribution in [0.3, 0.4) is 0 Å². The van der Waals surface area contributed by atoms with Gasteiger partial charge in [0.2, 0.25) is 5.91 Å². The number of nitrogens with zero attached hydrogens (tertiary/aromatic N) is 3. The molecule has 6 nitrogen and oxygen atoms in total. The topological polar surface area (TPSA) is 85.8 Å². The zero-order valence-electron chi connectivity index (χ0n) is 10.4. The number of unbranched alkanes of at least 4 members (excludes halogenated alkanes) is 1. The lowest BCUT2D eigenvalue weighted by molar-refractivity contribution is -0.121. The lowest BCUT2D eigenvalue weighted by atomic mass is 10.2. The van der Waals surface area contributed by atoms with Gasteiger partial charge in [-0.25, -0.2) is 4.68 Å². The summed E-state index contributed by atoms with van der Waals surface area (Å²) >= 11 is 0. The predicted octanol–water partition coefficient (Wildman–Crippen LogP) is 0.0857. The van der Waals surface area contributed by atoms with Crippen molar-refractivity contribution < 1.29 is 4.79 Å². The fourth-order valence-corrected chi connectivity index (χ4v) is 1.42. The number of carbonyl (C=O) groups is 1. The molecule has 3 N–H and O–H groups in total. The van der Waals surface area contributed by atoms with Crippen molar-refractivity contribution >= 4 is 5.91 Å². The van der Waals surface area contributed by atoms with Crippen LogP contribution in [0.5, 0.6) is 0 Å². The number of rotatable bonds is 8. The number of nitrogens with two attached hydrogens (primary N) is 1. The van der Waals surface area contributed by atoms with Gasteiger partial charge >= 0.3 is 0 Å². The van der Waals surface area contributed by atoms with Crippen LogP contribution in [0.25, 0.3) is 0 Å². The Kier molecular flexibility index (Phi) is 6.24. The summed E-state index contributed by atoms with van der Waals surface area (Å²) in [7, 11) is 0. The van der Waals surface area contributed by atoms with Gasteiger partial charge in [-0.15, -0.1) is 5.10 Å². The third kappa shape index (κ3) is 5.44. The molecule has 6 heteroatoms. The standard InChI is InChI=1S/C11H21N5O/c1-2-3-7-13-11(17)9-16-8-10(14-15-16)5-4-6-12/h8H,2-7,9,12H2,1H3,(H,13,17).